The third-order valence-electron chi connectivity index (χ3n) is 2.81. The van der Waals surface area contributed by atoms with Crippen molar-refractivity contribution in [1.82, 2.24) is 15.0 Å². The summed E-state index contributed by atoms with van der Waals surface area (Å²) in [6.07, 6.45) is 0. The zero-order valence-corrected chi connectivity index (χ0v) is 11.3. The van der Waals surface area contributed by atoms with Gasteiger partial charge in [-0.3, -0.25) is 0 Å². The lowest BCUT2D eigenvalue weighted by Gasteiger charge is -2.18. The van der Waals surface area contributed by atoms with Gasteiger partial charge in [0.2, 0.25) is 11.9 Å². The fraction of sp³-hybridized carbons (Fsp3) is 0.308. The zero-order chi connectivity index (χ0) is 14.7. The maximum atomic E-state index is 13.3. The molecule has 5 nitrogen and oxygen atoms in total. The van der Waals surface area contributed by atoms with Crippen molar-refractivity contribution >= 4 is 11.9 Å². The summed E-state index contributed by atoms with van der Waals surface area (Å²) < 4.78 is 26.5. The molecule has 0 unspecified atom stereocenters. The van der Waals surface area contributed by atoms with Gasteiger partial charge in [-0.15, -0.1) is 0 Å². The van der Waals surface area contributed by atoms with Gasteiger partial charge in [-0.2, -0.15) is 15.0 Å². The third-order valence-corrected chi connectivity index (χ3v) is 2.81. The lowest BCUT2D eigenvalue weighted by molar-refractivity contribution is 0.584. The minimum absolute atomic E-state index is 0.0153. The van der Waals surface area contributed by atoms with Crippen LogP contribution in [0.15, 0.2) is 18.2 Å². The summed E-state index contributed by atoms with van der Waals surface area (Å²) in [5.74, 6) is -0.826. The summed E-state index contributed by atoms with van der Waals surface area (Å²) >= 11 is 0. The molecule has 0 saturated heterocycles. The Morgan fingerprint density at radius 1 is 1.00 bits per heavy atom. The van der Waals surface area contributed by atoms with Crippen LogP contribution in [0.25, 0.3) is 11.4 Å². The van der Waals surface area contributed by atoms with Crippen LogP contribution in [0.2, 0.25) is 0 Å². The number of nitrogens with two attached hydrogens (primary N) is 1. The fourth-order valence-corrected chi connectivity index (χ4v) is 1.84. The molecule has 0 aliphatic rings. The maximum Gasteiger partial charge on any atom is 0.230 e. The van der Waals surface area contributed by atoms with Gasteiger partial charge in [0.25, 0.3) is 0 Å². The fourth-order valence-electron chi connectivity index (χ4n) is 1.84. The van der Waals surface area contributed by atoms with E-state index in [9.17, 15) is 8.78 Å². The predicted octanol–water partition coefficient (Wildman–Crippen LogP) is 2.25. The lowest BCUT2D eigenvalue weighted by atomic mass is 10.2. The van der Waals surface area contributed by atoms with Crippen molar-refractivity contribution < 1.29 is 8.78 Å². The van der Waals surface area contributed by atoms with Gasteiger partial charge in [-0.1, -0.05) is 0 Å². The number of aromatic nitrogens is 3. The average molecular weight is 279 g/mol. The van der Waals surface area contributed by atoms with Gasteiger partial charge >= 0.3 is 0 Å². The van der Waals surface area contributed by atoms with E-state index >= 15 is 0 Å². The first-order valence-electron chi connectivity index (χ1n) is 6.26. The second kappa shape index (κ2) is 5.77. The third kappa shape index (κ3) is 2.98. The molecule has 7 heteroatoms. The van der Waals surface area contributed by atoms with Crippen LogP contribution in [-0.4, -0.2) is 28.0 Å². The molecule has 0 aliphatic carbocycles. The predicted molar refractivity (Wildman–Crippen MR) is 73.2 cm³/mol. The number of rotatable bonds is 4. The highest BCUT2D eigenvalue weighted by atomic mass is 19.1. The summed E-state index contributed by atoms with van der Waals surface area (Å²) in [5.41, 5.74) is 5.87. The first kappa shape index (κ1) is 14.1. The Bertz CT molecular complexity index is 593. The molecule has 106 valence electrons. The molecule has 0 aliphatic heterocycles. The van der Waals surface area contributed by atoms with E-state index in [0.717, 1.165) is 18.2 Å². The van der Waals surface area contributed by atoms with E-state index in [4.69, 9.17) is 5.73 Å². The van der Waals surface area contributed by atoms with Gasteiger partial charge in [-0.05, 0) is 26.0 Å². The molecule has 0 amide bonds. The van der Waals surface area contributed by atoms with Crippen LogP contribution in [-0.2, 0) is 0 Å². The minimum atomic E-state index is -0.691. The Balaban J connectivity index is 2.51. The molecule has 0 radical (unpaired) electrons. The Kier molecular flexibility index (Phi) is 4.07. The van der Waals surface area contributed by atoms with Crippen LogP contribution < -0.4 is 10.6 Å². The second-order valence-electron chi connectivity index (χ2n) is 4.15. The van der Waals surface area contributed by atoms with Crippen LogP contribution in [0.3, 0.4) is 0 Å². The minimum Gasteiger partial charge on any atom is -0.368 e. The SMILES string of the molecule is CCN(CC)c1nc(N)nc(-c2cc(F)cc(F)c2)n1. The van der Waals surface area contributed by atoms with Crippen molar-refractivity contribution in [2.24, 2.45) is 0 Å². The first-order valence-corrected chi connectivity index (χ1v) is 6.26. The van der Waals surface area contributed by atoms with Gasteiger partial charge in [0, 0.05) is 24.7 Å². The van der Waals surface area contributed by atoms with E-state index in [1.54, 1.807) is 0 Å². The Labute approximate surface area is 115 Å². The van der Waals surface area contributed by atoms with Crippen molar-refractivity contribution in [2.45, 2.75) is 13.8 Å². The highest BCUT2D eigenvalue weighted by Gasteiger charge is 2.12. The van der Waals surface area contributed by atoms with Crippen LogP contribution in [0.4, 0.5) is 20.7 Å². The molecule has 2 aromatic rings. The first-order chi connectivity index (χ1) is 9.53. The summed E-state index contributed by atoms with van der Waals surface area (Å²) in [6, 6.07) is 3.10. The van der Waals surface area contributed by atoms with Crippen LogP contribution in [0, 0.1) is 11.6 Å². The number of halogens is 2. The Morgan fingerprint density at radius 3 is 2.15 bits per heavy atom. The molecule has 0 atom stereocenters. The van der Waals surface area contributed by atoms with Gasteiger partial charge < -0.3 is 10.6 Å². The molecule has 0 spiro atoms. The summed E-state index contributed by atoms with van der Waals surface area (Å²) in [4.78, 5) is 14.1. The monoisotopic (exact) mass is 279 g/mol. The maximum absolute atomic E-state index is 13.3. The molecular formula is C13H15F2N5. The van der Waals surface area contributed by atoms with Crippen LogP contribution >= 0.6 is 0 Å². The summed E-state index contributed by atoms with van der Waals surface area (Å²) in [5, 5.41) is 0. The number of anilines is 2. The van der Waals surface area contributed by atoms with Crippen molar-refractivity contribution in [1.29, 1.82) is 0 Å². The van der Waals surface area contributed by atoms with Crippen molar-refractivity contribution in [3.05, 3.63) is 29.8 Å². The molecule has 1 aromatic heterocycles. The topological polar surface area (TPSA) is 67.9 Å². The molecule has 20 heavy (non-hydrogen) atoms. The van der Waals surface area contributed by atoms with Crippen LogP contribution in [0.1, 0.15) is 13.8 Å². The van der Waals surface area contributed by atoms with E-state index in [-0.39, 0.29) is 17.3 Å². The van der Waals surface area contributed by atoms with E-state index in [0.29, 0.717) is 19.0 Å². The number of benzene rings is 1. The number of nitrogen functional groups attached to an aromatic ring is 1. The summed E-state index contributed by atoms with van der Waals surface area (Å²) in [6.45, 7) is 5.28. The van der Waals surface area contributed by atoms with Crippen LogP contribution in [0.5, 0.6) is 0 Å². The van der Waals surface area contributed by atoms with Gasteiger partial charge in [-0.25, -0.2) is 8.78 Å². The molecule has 0 saturated carbocycles. The van der Waals surface area contributed by atoms with Gasteiger partial charge in [0.05, 0.1) is 0 Å². The molecule has 1 heterocycles. The standard InChI is InChI=1S/C13H15F2N5/c1-3-20(4-2)13-18-11(17-12(16)19-13)8-5-9(14)7-10(15)6-8/h5-7H,3-4H2,1-2H3,(H2,16,17,18,19). The van der Waals surface area contributed by atoms with E-state index in [1.165, 1.54) is 0 Å². The Hall–Kier alpha value is -2.31. The molecule has 0 fully saturated rings. The lowest BCUT2D eigenvalue weighted by Crippen LogP contribution is -2.25. The van der Waals surface area contributed by atoms with Gasteiger partial charge in [0.15, 0.2) is 5.82 Å². The highest BCUT2D eigenvalue weighted by Crippen LogP contribution is 2.20. The van der Waals surface area contributed by atoms with E-state index in [1.807, 2.05) is 18.7 Å². The van der Waals surface area contributed by atoms with E-state index in [2.05, 4.69) is 15.0 Å². The second-order valence-corrected chi connectivity index (χ2v) is 4.15. The number of hydrogen-bond donors (Lipinski definition) is 1. The summed E-state index contributed by atoms with van der Waals surface area (Å²) in [7, 11) is 0. The highest BCUT2D eigenvalue weighted by molar-refractivity contribution is 5.58. The number of nitrogens with zero attached hydrogens (tertiary/aromatic N) is 4. The van der Waals surface area contributed by atoms with E-state index < -0.39 is 11.6 Å². The quantitative estimate of drug-likeness (QED) is 0.929. The van der Waals surface area contributed by atoms with Gasteiger partial charge in [0.1, 0.15) is 11.6 Å². The smallest absolute Gasteiger partial charge is 0.230 e. The largest absolute Gasteiger partial charge is 0.368 e. The molecule has 0 bridgehead atoms. The van der Waals surface area contributed by atoms with Crippen molar-refractivity contribution in [3.63, 3.8) is 0 Å². The molecule has 2 N–H and O–H groups in total. The van der Waals surface area contributed by atoms with Crippen molar-refractivity contribution in [3.8, 4) is 11.4 Å². The molecule has 2 rings (SSSR count). The number of hydrogen-bond acceptors (Lipinski definition) is 5. The van der Waals surface area contributed by atoms with Crippen molar-refractivity contribution in [2.75, 3.05) is 23.7 Å². The molecule has 1 aromatic carbocycles. The normalized spacial score (nSPS) is 10.6. The average Bonchev–Trinajstić information content (AvgIpc) is 2.38. The molecular weight excluding hydrogens is 264 g/mol. The zero-order valence-electron chi connectivity index (χ0n) is 11.3. The Morgan fingerprint density at radius 2 is 1.60 bits per heavy atom.